The number of hydrogen-bond acceptors (Lipinski definition) is 2. The molecule has 1 nitrogen and oxygen atoms in total. The molecule has 0 fully saturated rings. The van der Waals surface area contributed by atoms with Crippen molar-refractivity contribution in [3.8, 4) is 0 Å². The van der Waals surface area contributed by atoms with Gasteiger partial charge in [0.1, 0.15) is 0 Å². The highest BCUT2D eigenvalue weighted by molar-refractivity contribution is 9.10. The summed E-state index contributed by atoms with van der Waals surface area (Å²) in [5.41, 5.74) is 7.24. The van der Waals surface area contributed by atoms with Gasteiger partial charge in [-0.15, -0.1) is 0 Å². The molecule has 0 aliphatic carbocycles. The fraction of sp³-hybridized carbons (Fsp3) is 0.571. The standard InChI is InChI=1S/C14H22BrNS/c1-2-17-9-3-4-13(11-16)10-12-5-7-14(15)8-6-12/h5-8,13H,2-4,9-11,16H2,1H3. The summed E-state index contributed by atoms with van der Waals surface area (Å²) in [6.45, 7) is 3.01. The van der Waals surface area contributed by atoms with Gasteiger partial charge in [0.15, 0.2) is 0 Å². The van der Waals surface area contributed by atoms with E-state index in [2.05, 4.69) is 47.1 Å². The van der Waals surface area contributed by atoms with E-state index in [1.807, 2.05) is 11.8 Å². The minimum absolute atomic E-state index is 0.633. The van der Waals surface area contributed by atoms with Gasteiger partial charge in [0.2, 0.25) is 0 Å². The minimum Gasteiger partial charge on any atom is -0.330 e. The number of benzene rings is 1. The molecule has 0 amide bonds. The van der Waals surface area contributed by atoms with Crippen molar-refractivity contribution in [1.82, 2.24) is 0 Å². The summed E-state index contributed by atoms with van der Waals surface area (Å²) in [7, 11) is 0. The highest BCUT2D eigenvalue weighted by atomic mass is 79.9. The van der Waals surface area contributed by atoms with Gasteiger partial charge in [-0.25, -0.2) is 0 Å². The van der Waals surface area contributed by atoms with Gasteiger partial charge < -0.3 is 5.73 Å². The van der Waals surface area contributed by atoms with Crippen LogP contribution in [0.2, 0.25) is 0 Å². The minimum atomic E-state index is 0.633. The second-order valence-electron chi connectivity index (χ2n) is 4.27. The Balaban J connectivity index is 2.33. The molecule has 0 bridgehead atoms. The Bertz CT molecular complexity index is 300. The number of nitrogens with two attached hydrogens (primary N) is 1. The summed E-state index contributed by atoms with van der Waals surface area (Å²) in [4.78, 5) is 0. The molecule has 1 aromatic rings. The van der Waals surface area contributed by atoms with Crippen LogP contribution in [-0.2, 0) is 6.42 Å². The van der Waals surface area contributed by atoms with E-state index in [9.17, 15) is 0 Å². The van der Waals surface area contributed by atoms with Crippen molar-refractivity contribution in [1.29, 1.82) is 0 Å². The maximum Gasteiger partial charge on any atom is 0.0175 e. The van der Waals surface area contributed by atoms with Crippen molar-refractivity contribution < 1.29 is 0 Å². The lowest BCUT2D eigenvalue weighted by molar-refractivity contribution is 0.489. The van der Waals surface area contributed by atoms with Crippen molar-refractivity contribution in [2.75, 3.05) is 18.1 Å². The highest BCUT2D eigenvalue weighted by Crippen LogP contribution is 2.17. The van der Waals surface area contributed by atoms with Crippen LogP contribution >= 0.6 is 27.7 Å². The summed E-state index contributed by atoms with van der Waals surface area (Å²) in [5, 5.41) is 0. The van der Waals surface area contributed by atoms with Gasteiger partial charge >= 0.3 is 0 Å². The topological polar surface area (TPSA) is 26.0 Å². The molecule has 2 N–H and O–H groups in total. The maximum atomic E-state index is 5.85. The average Bonchev–Trinajstić information content (AvgIpc) is 2.35. The molecule has 17 heavy (non-hydrogen) atoms. The molecule has 0 aromatic heterocycles. The van der Waals surface area contributed by atoms with Crippen molar-refractivity contribution in [2.24, 2.45) is 11.7 Å². The van der Waals surface area contributed by atoms with Gasteiger partial charge in [0.25, 0.3) is 0 Å². The Morgan fingerprint density at radius 2 is 2.00 bits per heavy atom. The molecule has 0 radical (unpaired) electrons. The van der Waals surface area contributed by atoms with Crippen LogP contribution in [0.15, 0.2) is 28.7 Å². The normalized spacial score (nSPS) is 12.6. The molecule has 0 aliphatic rings. The van der Waals surface area contributed by atoms with Crippen molar-refractivity contribution in [3.63, 3.8) is 0 Å². The Morgan fingerprint density at radius 3 is 2.59 bits per heavy atom. The lowest BCUT2D eigenvalue weighted by Gasteiger charge is -2.14. The van der Waals surface area contributed by atoms with Crippen LogP contribution in [0.1, 0.15) is 25.3 Å². The molecule has 0 spiro atoms. The first-order chi connectivity index (χ1) is 8.26. The third-order valence-electron chi connectivity index (χ3n) is 2.88. The van der Waals surface area contributed by atoms with Crippen molar-refractivity contribution >= 4 is 27.7 Å². The molecule has 1 atom stereocenters. The van der Waals surface area contributed by atoms with E-state index in [0.717, 1.165) is 17.4 Å². The summed E-state index contributed by atoms with van der Waals surface area (Å²) < 4.78 is 1.14. The summed E-state index contributed by atoms with van der Waals surface area (Å²) >= 11 is 5.48. The second kappa shape index (κ2) is 9.01. The summed E-state index contributed by atoms with van der Waals surface area (Å²) in [6, 6.07) is 8.59. The molecule has 3 heteroatoms. The van der Waals surface area contributed by atoms with Crippen LogP contribution in [0.5, 0.6) is 0 Å². The van der Waals surface area contributed by atoms with Gasteiger partial charge in [0.05, 0.1) is 0 Å². The van der Waals surface area contributed by atoms with E-state index >= 15 is 0 Å². The number of hydrogen-bond donors (Lipinski definition) is 1. The zero-order chi connectivity index (χ0) is 12.5. The molecule has 0 heterocycles. The summed E-state index contributed by atoms with van der Waals surface area (Å²) in [6.07, 6.45) is 3.65. The Morgan fingerprint density at radius 1 is 1.29 bits per heavy atom. The van der Waals surface area contributed by atoms with Gasteiger partial charge in [-0.2, -0.15) is 11.8 Å². The molecule has 1 aromatic carbocycles. The first-order valence-electron chi connectivity index (χ1n) is 6.28. The van der Waals surface area contributed by atoms with Crippen LogP contribution in [-0.4, -0.2) is 18.1 Å². The lowest BCUT2D eigenvalue weighted by atomic mass is 9.95. The fourth-order valence-corrected chi connectivity index (χ4v) is 2.80. The first-order valence-corrected chi connectivity index (χ1v) is 8.23. The predicted molar refractivity (Wildman–Crippen MR) is 82.6 cm³/mol. The Labute approximate surface area is 118 Å². The van der Waals surface area contributed by atoms with Crippen LogP contribution < -0.4 is 5.73 Å². The third kappa shape index (κ3) is 6.49. The molecular formula is C14H22BrNS. The number of halogens is 1. The highest BCUT2D eigenvalue weighted by Gasteiger charge is 2.07. The zero-order valence-electron chi connectivity index (χ0n) is 10.5. The Kier molecular flexibility index (Phi) is 7.99. The zero-order valence-corrected chi connectivity index (χ0v) is 12.9. The second-order valence-corrected chi connectivity index (χ2v) is 6.58. The van der Waals surface area contributed by atoms with E-state index < -0.39 is 0 Å². The van der Waals surface area contributed by atoms with E-state index in [1.165, 1.54) is 29.9 Å². The van der Waals surface area contributed by atoms with E-state index in [-0.39, 0.29) is 0 Å². The smallest absolute Gasteiger partial charge is 0.0175 e. The van der Waals surface area contributed by atoms with E-state index in [0.29, 0.717) is 5.92 Å². The van der Waals surface area contributed by atoms with Crippen LogP contribution in [0, 0.1) is 5.92 Å². The van der Waals surface area contributed by atoms with E-state index in [4.69, 9.17) is 5.73 Å². The lowest BCUT2D eigenvalue weighted by Crippen LogP contribution is -2.17. The van der Waals surface area contributed by atoms with Crippen molar-refractivity contribution in [2.45, 2.75) is 26.2 Å². The van der Waals surface area contributed by atoms with Gasteiger partial charge in [-0.05, 0) is 60.9 Å². The Hall–Kier alpha value is 0.01000. The number of rotatable bonds is 8. The molecule has 0 saturated heterocycles. The van der Waals surface area contributed by atoms with Crippen LogP contribution in [0.4, 0.5) is 0 Å². The largest absolute Gasteiger partial charge is 0.330 e. The third-order valence-corrected chi connectivity index (χ3v) is 4.39. The predicted octanol–water partition coefficient (Wildman–Crippen LogP) is 4.10. The van der Waals surface area contributed by atoms with Gasteiger partial charge in [0, 0.05) is 4.47 Å². The molecule has 1 rings (SSSR count). The fourth-order valence-electron chi connectivity index (χ4n) is 1.88. The van der Waals surface area contributed by atoms with Gasteiger partial charge in [-0.1, -0.05) is 35.0 Å². The van der Waals surface area contributed by atoms with Crippen LogP contribution in [0.25, 0.3) is 0 Å². The maximum absolute atomic E-state index is 5.85. The molecule has 0 aliphatic heterocycles. The first kappa shape index (κ1) is 15.1. The summed E-state index contributed by atoms with van der Waals surface area (Å²) in [5.74, 6) is 3.13. The van der Waals surface area contributed by atoms with Crippen LogP contribution in [0.3, 0.4) is 0 Å². The monoisotopic (exact) mass is 315 g/mol. The van der Waals surface area contributed by atoms with Gasteiger partial charge in [-0.3, -0.25) is 0 Å². The molecular weight excluding hydrogens is 294 g/mol. The average molecular weight is 316 g/mol. The quantitative estimate of drug-likeness (QED) is 0.731. The molecule has 96 valence electrons. The SMILES string of the molecule is CCSCCCC(CN)Cc1ccc(Br)cc1. The van der Waals surface area contributed by atoms with Crippen molar-refractivity contribution in [3.05, 3.63) is 34.3 Å². The molecule has 0 saturated carbocycles. The molecule has 1 unspecified atom stereocenters. The van der Waals surface area contributed by atoms with E-state index in [1.54, 1.807) is 0 Å². The number of thioether (sulfide) groups is 1.